The van der Waals surface area contributed by atoms with Crippen molar-refractivity contribution in [1.29, 1.82) is 0 Å². The number of rotatable bonds is 0. The van der Waals surface area contributed by atoms with Crippen LogP contribution >= 0.6 is 24.0 Å². The Hall–Kier alpha value is -0.800. The van der Waals surface area contributed by atoms with Crippen molar-refractivity contribution in [2.24, 2.45) is 5.73 Å². The second-order valence-electron chi connectivity index (χ2n) is 4.61. The van der Waals surface area contributed by atoms with E-state index in [9.17, 15) is 5.11 Å². The van der Waals surface area contributed by atoms with Gasteiger partial charge in [-0.2, -0.15) is 0 Å². The average molecular weight is 284 g/mol. The third-order valence-electron chi connectivity index (χ3n) is 3.55. The fourth-order valence-electron chi connectivity index (χ4n) is 2.60. The van der Waals surface area contributed by atoms with Crippen molar-refractivity contribution >= 4 is 34.8 Å². The number of aliphatic hydroxyl groups is 1. The molecule has 0 bridgehead atoms. The number of benzene rings is 2. The molecule has 0 saturated heterocycles. The van der Waals surface area contributed by atoms with Crippen molar-refractivity contribution in [1.82, 2.24) is 0 Å². The molecule has 0 aliphatic heterocycles. The third kappa shape index (κ3) is 1.99. The summed E-state index contributed by atoms with van der Waals surface area (Å²) in [6.07, 6.45) is 0.0199. The lowest BCUT2D eigenvalue weighted by molar-refractivity contribution is 0.132. The molecule has 0 amide bonds. The molecular weight excluding hydrogens is 269 g/mol. The van der Waals surface area contributed by atoms with Gasteiger partial charge >= 0.3 is 0 Å². The van der Waals surface area contributed by atoms with E-state index in [-0.39, 0.29) is 18.4 Å². The van der Waals surface area contributed by atoms with Gasteiger partial charge in [-0.25, -0.2) is 0 Å². The minimum Gasteiger partial charge on any atom is -0.390 e. The van der Waals surface area contributed by atoms with Crippen LogP contribution in [0.1, 0.15) is 16.5 Å². The van der Waals surface area contributed by atoms with E-state index in [1.54, 1.807) is 0 Å². The highest BCUT2D eigenvalue weighted by atomic mass is 35.5. The van der Waals surface area contributed by atoms with Gasteiger partial charge in [-0.3, -0.25) is 0 Å². The number of halogens is 2. The molecule has 3 N–H and O–H groups in total. The van der Waals surface area contributed by atoms with Crippen molar-refractivity contribution in [2.45, 2.75) is 23.9 Å². The molecule has 0 aromatic heterocycles. The maximum Gasteiger partial charge on any atom is 0.0898 e. The first kappa shape index (κ1) is 13.6. The van der Waals surface area contributed by atoms with E-state index in [2.05, 4.69) is 12.1 Å². The Morgan fingerprint density at radius 2 is 1.89 bits per heavy atom. The summed E-state index contributed by atoms with van der Waals surface area (Å²) in [5, 5.41) is 11.9. The van der Waals surface area contributed by atoms with Crippen LogP contribution in [0.3, 0.4) is 0 Å². The van der Waals surface area contributed by atoms with Crippen molar-refractivity contribution < 1.29 is 5.11 Å². The molecule has 1 aliphatic rings. The molecule has 18 heavy (non-hydrogen) atoms. The van der Waals surface area contributed by atoms with E-state index < -0.39 is 11.5 Å². The summed E-state index contributed by atoms with van der Waals surface area (Å²) in [6.45, 7) is 0. The van der Waals surface area contributed by atoms with Crippen molar-refractivity contribution in [3.63, 3.8) is 0 Å². The summed E-state index contributed by atoms with van der Waals surface area (Å²) < 4.78 is 0. The first-order valence-corrected chi connectivity index (χ1v) is 6.20. The van der Waals surface area contributed by atoms with Crippen LogP contribution in [0.25, 0.3) is 10.8 Å². The normalized spacial score (nSPS) is 26.5. The van der Waals surface area contributed by atoms with Crippen LogP contribution < -0.4 is 5.73 Å². The zero-order valence-corrected chi connectivity index (χ0v) is 11.3. The van der Waals surface area contributed by atoms with Crippen LogP contribution in [-0.4, -0.2) is 17.3 Å². The topological polar surface area (TPSA) is 46.2 Å². The highest BCUT2D eigenvalue weighted by Gasteiger charge is 2.32. The number of fused-ring (bicyclic) bond motifs is 3. The van der Waals surface area contributed by atoms with Gasteiger partial charge in [0.2, 0.25) is 0 Å². The van der Waals surface area contributed by atoms with Gasteiger partial charge < -0.3 is 10.8 Å². The Bertz CT molecular complexity index is 573. The predicted octanol–water partition coefficient (Wildman–Crippen LogP) is 2.79. The van der Waals surface area contributed by atoms with E-state index in [0.29, 0.717) is 6.42 Å². The minimum atomic E-state index is -0.662. The largest absolute Gasteiger partial charge is 0.390 e. The van der Waals surface area contributed by atoms with E-state index in [0.717, 1.165) is 5.56 Å². The first-order valence-electron chi connectivity index (χ1n) is 5.76. The zero-order chi connectivity index (χ0) is 12.0. The van der Waals surface area contributed by atoms with Gasteiger partial charge in [0.15, 0.2) is 0 Å². The van der Waals surface area contributed by atoms with Crippen LogP contribution in [0.2, 0.25) is 0 Å². The van der Waals surface area contributed by atoms with Gasteiger partial charge in [-0.1, -0.05) is 36.4 Å². The average Bonchev–Trinajstić information content (AvgIpc) is 2.36. The van der Waals surface area contributed by atoms with Crippen molar-refractivity contribution in [2.75, 3.05) is 0 Å². The van der Waals surface area contributed by atoms with Crippen LogP contribution in [-0.2, 0) is 6.42 Å². The highest BCUT2D eigenvalue weighted by Crippen LogP contribution is 2.37. The number of aliphatic hydroxyl groups excluding tert-OH is 1. The number of hydrogen-bond donors (Lipinski definition) is 2. The Kier molecular flexibility index (Phi) is 3.83. The molecule has 2 aromatic carbocycles. The molecule has 0 heterocycles. The molecule has 0 unspecified atom stereocenters. The van der Waals surface area contributed by atoms with Crippen LogP contribution in [0.4, 0.5) is 0 Å². The smallest absolute Gasteiger partial charge is 0.0898 e. The van der Waals surface area contributed by atoms with Crippen molar-refractivity contribution in [3.8, 4) is 0 Å². The van der Waals surface area contributed by atoms with E-state index in [4.69, 9.17) is 17.3 Å². The fourth-order valence-corrected chi connectivity index (χ4v) is 2.99. The summed E-state index contributed by atoms with van der Waals surface area (Å²) in [7, 11) is 0. The molecular formula is C14H15Cl2NO. The van der Waals surface area contributed by atoms with E-state index >= 15 is 0 Å². The molecule has 1 aliphatic carbocycles. The Balaban J connectivity index is 0.00000120. The van der Waals surface area contributed by atoms with Gasteiger partial charge in [-0.15, -0.1) is 24.0 Å². The van der Waals surface area contributed by atoms with Crippen molar-refractivity contribution in [3.05, 3.63) is 47.5 Å². The maximum atomic E-state index is 9.91. The number of hydrogen-bond acceptors (Lipinski definition) is 2. The monoisotopic (exact) mass is 283 g/mol. The molecule has 4 heteroatoms. The Morgan fingerprint density at radius 1 is 1.17 bits per heavy atom. The molecule has 0 spiro atoms. The Labute approximate surface area is 117 Å². The lowest BCUT2D eigenvalue weighted by Gasteiger charge is -2.32. The number of alkyl halides is 1. The van der Waals surface area contributed by atoms with Gasteiger partial charge in [0.1, 0.15) is 0 Å². The maximum absolute atomic E-state index is 9.91. The summed E-state index contributed by atoms with van der Waals surface area (Å²) in [6, 6.07) is 12.0. The molecule has 0 radical (unpaired) electrons. The van der Waals surface area contributed by atoms with E-state index in [1.165, 1.54) is 16.3 Å². The van der Waals surface area contributed by atoms with Gasteiger partial charge in [0, 0.05) is 6.04 Å². The molecule has 2 nitrogen and oxygen atoms in total. The van der Waals surface area contributed by atoms with Gasteiger partial charge in [0.25, 0.3) is 0 Å². The van der Waals surface area contributed by atoms with Crippen LogP contribution in [0.15, 0.2) is 36.4 Å². The summed E-state index contributed by atoms with van der Waals surface area (Å²) in [5.41, 5.74) is 8.13. The molecule has 96 valence electrons. The summed E-state index contributed by atoms with van der Waals surface area (Å²) in [5.74, 6) is 0. The van der Waals surface area contributed by atoms with Gasteiger partial charge in [0.05, 0.1) is 11.5 Å². The highest BCUT2D eigenvalue weighted by molar-refractivity contribution is 6.21. The SMILES string of the molecule is Cl.N[C@H]1Cc2c(ccc3ccccc23)[C@H](Cl)[C@@H]1O. The zero-order valence-electron chi connectivity index (χ0n) is 9.71. The standard InChI is InChI=1S/C14H14ClNO.ClH/c15-13-10-6-5-8-3-1-2-4-9(8)11(10)7-12(16)14(13)17;/h1-6,12-14,17H,7,16H2;1H/t12-,13-,14+;/m0./s1. The molecule has 3 atom stereocenters. The molecule has 0 fully saturated rings. The first-order chi connectivity index (χ1) is 8.18. The predicted molar refractivity (Wildman–Crippen MR) is 77.5 cm³/mol. The lowest BCUT2D eigenvalue weighted by Crippen LogP contribution is -2.42. The van der Waals surface area contributed by atoms with Crippen LogP contribution in [0.5, 0.6) is 0 Å². The quantitative estimate of drug-likeness (QED) is 0.731. The second-order valence-corrected chi connectivity index (χ2v) is 5.09. The van der Waals surface area contributed by atoms with E-state index in [1.807, 2.05) is 24.3 Å². The van der Waals surface area contributed by atoms with Crippen LogP contribution in [0, 0.1) is 0 Å². The molecule has 0 saturated carbocycles. The Morgan fingerprint density at radius 3 is 2.67 bits per heavy atom. The summed E-state index contributed by atoms with van der Waals surface area (Å²) in [4.78, 5) is 0. The molecule has 2 aromatic rings. The number of nitrogens with two attached hydrogens (primary N) is 1. The lowest BCUT2D eigenvalue weighted by atomic mass is 9.83. The molecule has 3 rings (SSSR count). The third-order valence-corrected chi connectivity index (χ3v) is 4.05. The minimum absolute atomic E-state index is 0. The second kappa shape index (κ2) is 5.06. The van der Waals surface area contributed by atoms with Gasteiger partial charge in [-0.05, 0) is 28.3 Å². The summed E-state index contributed by atoms with van der Waals surface area (Å²) >= 11 is 6.26. The fraction of sp³-hybridized carbons (Fsp3) is 0.286.